The lowest BCUT2D eigenvalue weighted by Gasteiger charge is -2.31. The second kappa shape index (κ2) is 10.9. The number of hydrogen-bond donors (Lipinski definition) is 0. The fourth-order valence-corrected chi connectivity index (χ4v) is 4.87. The van der Waals surface area contributed by atoms with Crippen LogP contribution in [0.3, 0.4) is 0 Å². The fraction of sp³-hybridized carbons (Fsp3) is 0.739. The Morgan fingerprint density at radius 3 is 2.15 bits per heavy atom. The summed E-state index contributed by atoms with van der Waals surface area (Å²) in [7, 11) is 0. The average molecular weight is 470 g/mol. The second-order valence-electron chi connectivity index (χ2n) is 8.31. The number of alkyl halides is 1. The van der Waals surface area contributed by atoms with Crippen molar-refractivity contribution in [1.29, 1.82) is 0 Å². The van der Waals surface area contributed by atoms with E-state index in [2.05, 4.69) is 53.8 Å². The zero-order chi connectivity index (χ0) is 18.2. The molecule has 146 valence electrons. The van der Waals surface area contributed by atoms with Crippen LogP contribution in [0.1, 0.15) is 89.0 Å². The highest BCUT2D eigenvalue weighted by Crippen LogP contribution is 2.31. The summed E-state index contributed by atoms with van der Waals surface area (Å²) in [6, 6.07) is 8.71. The van der Waals surface area contributed by atoms with E-state index in [0.717, 1.165) is 22.5 Å². The van der Waals surface area contributed by atoms with Crippen LogP contribution in [-0.2, 0) is 4.74 Å². The third kappa shape index (κ3) is 6.40. The number of halogens is 1. The van der Waals surface area contributed by atoms with Crippen LogP contribution in [0.25, 0.3) is 0 Å². The summed E-state index contributed by atoms with van der Waals surface area (Å²) < 4.78 is 14.0. The van der Waals surface area contributed by atoms with Gasteiger partial charge < -0.3 is 9.47 Å². The van der Waals surface area contributed by atoms with Gasteiger partial charge in [-0.3, -0.25) is 0 Å². The van der Waals surface area contributed by atoms with Gasteiger partial charge in [0.15, 0.2) is 6.29 Å². The Hall–Kier alpha value is -0.290. The maximum atomic E-state index is 6.47. The standard InChI is InChI=1S/C23H35IO2/c1-18(17-24)20-12-14-22(15-13-20)26-23(16-19-8-4-2-5-9-19)25-21-10-6-3-7-11-21/h12-15,18-19,21,23H,2-11,16-17H2,1H3. The highest BCUT2D eigenvalue weighted by molar-refractivity contribution is 14.1. The minimum atomic E-state index is -0.0750. The monoisotopic (exact) mass is 470 g/mol. The molecule has 0 aromatic heterocycles. The van der Waals surface area contributed by atoms with Gasteiger partial charge in [0.1, 0.15) is 5.75 Å². The Morgan fingerprint density at radius 2 is 1.54 bits per heavy atom. The molecule has 2 atom stereocenters. The molecule has 3 heteroatoms. The molecular formula is C23H35IO2. The molecule has 2 aliphatic carbocycles. The first-order chi connectivity index (χ1) is 12.7. The van der Waals surface area contributed by atoms with E-state index in [4.69, 9.17) is 9.47 Å². The van der Waals surface area contributed by atoms with Gasteiger partial charge >= 0.3 is 0 Å². The van der Waals surface area contributed by atoms with Crippen molar-refractivity contribution in [3.8, 4) is 5.75 Å². The van der Waals surface area contributed by atoms with E-state index in [1.807, 2.05) is 0 Å². The molecule has 2 saturated carbocycles. The van der Waals surface area contributed by atoms with Gasteiger partial charge in [0, 0.05) is 10.8 Å². The summed E-state index contributed by atoms with van der Waals surface area (Å²) >= 11 is 2.46. The maximum absolute atomic E-state index is 6.47. The van der Waals surface area contributed by atoms with Crippen molar-refractivity contribution < 1.29 is 9.47 Å². The number of hydrogen-bond acceptors (Lipinski definition) is 2. The molecule has 0 heterocycles. The predicted octanol–water partition coefficient (Wildman–Crippen LogP) is 7.25. The largest absolute Gasteiger partial charge is 0.465 e. The summed E-state index contributed by atoms with van der Waals surface area (Å²) in [5, 5.41) is 0. The Morgan fingerprint density at radius 1 is 0.923 bits per heavy atom. The Labute approximate surface area is 173 Å². The smallest absolute Gasteiger partial charge is 0.200 e. The minimum absolute atomic E-state index is 0.0750. The summed E-state index contributed by atoms with van der Waals surface area (Å²) in [5.41, 5.74) is 1.39. The van der Waals surface area contributed by atoms with Crippen LogP contribution >= 0.6 is 22.6 Å². The van der Waals surface area contributed by atoms with Gasteiger partial charge in [-0.05, 0) is 42.4 Å². The summed E-state index contributed by atoms with van der Waals surface area (Å²) in [5.74, 6) is 2.34. The Bertz CT molecular complexity index is 483. The van der Waals surface area contributed by atoms with Gasteiger partial charge in [0.05, 0.1) is 6.10 Å². The molecule has 1 aromatic rings. The maximum Gasteiger partial charge on any atom is 0.200 e. The van der Waals surface area contributed by atoms with Crippen molar-refractivity contribution in [2.45, 2.75) is 95.9 Å². The van der Waals surface area contributed by atoms with Crippen molar-refractivity contribution in [2.75, 3.05) is 4.43 Å². The van der Waals surface area contributed by atoms with Crippen molar-refractivity contribution in [3.05, 3.63) is 29.8 Å². The van der Waals surface area contributed by atoms with Gasteiger partial charge in [-0.1, -0.05) is 93.0 Å². The van der Waals surface area contributed by atoms with E-state index in [0.29, 0.717) is 12.0 Å². The first-order valence-electron chi connectivity index (χ1n) is 10.7. The molecule has 0 N–H and O–H groups in total. The summed E-state index contributed by atoms with van der Waals surface area (Å²) in [6.45, 7) is 2.28. The van der Waals surface area contributed by atoms with Gasteiger partial charge in [0.2, 0.25) is 0 Å². The lowest BCUT2D eigenvalue weighted by atomic mass is 9.87. The third-order valence-electron chi connectivity index (χ3n) is 6.10. The molecule has 0 amide bonds. The highest BCUT2D eigenvalue weighted by atomic mass is 127. The van der Waals surface area contributed by atoms with Crippen molar-refractivity contribution >= 4 is 22.6 Å². The van der Waals surface area contributed by atoms with E-state index in [1.165, 1.54) is 69.8 Å². The molecule has 2 nitrogen and oxygen atoms in total. The fourth-order valence-electron chi connectivity index (χ4n) is 4.36. The molecule has 0 saturated heterocycles. The first kappa shape index (κ1) is 20.4. The van der Waals surface area contributed by atoms with Crippen molar-refractivity contribution in [2.24, 2.45) is 5.92 Å². The van der Waals surface area contributed by atoms with Gasteiger partial charge in [0.25, 0.3) is 0 Å². The van der Waals surface area contributed by atoms with Gasteiger partial charge in [-0.25, -0.2) is 0 Å². The third-order valence-corrected chi connectivity index (χ3v) is 7.42. The summed E-state index contributed by atoms with van der Waals surface area (Å²) in [6.07, 6.45) is 14.6. The minimum Gasteiger partial charge on any atom is -0.465 e. The van der Waals surface area contributed by atoms with Gasteiger partial charge in [-0.15, -0.1) is 0 Å². The molecule has 0 aliphatic heterocycles. The predicted molar refractivity (Wildman–Crippen MR) is 117 cm³/mol. The van der Waals surface area contributed by atoms with E-state index in [1.54, 1.807) is 0 Å². The summed E-state index contributed by atoms with van der Waals surface area (Å²) in [4.78, 5) is 0. The van der Waals surface area contributed by atoms with Crippen LogP contribution < -0.4 is 4.74 Å². The number of ether oxygens (including phenoxy) is 2. The molecule has 0 bridgehead atoms. The number of rotatable bonds is 8. The van der Waals surface area contributed by atoms with Crippen molar-refractivity contribution in [1.82, 2.24) is 0 Å². The van der Waals surface area contributed by atoms with Gasteiger partial charge in [-0.2, -0.15) is 0 Å². The van der Waals surface area contributed by atoms with Crippen LogP contribution in [0, 0.1) is 5.92 Å². The molecule has 1 aromatic carbocycles. The zero-order valence-corrected chi connectivity index (χ0v) is 18.5. The van der Waals surface area contributed by atoms with E-state index >= 15 is 0 Å². The zero-order valence-electron chi connectivity index (χ0n) is 16.3. The molecule has 26 heavy (non-hydrogen) atoms. The Balaban J connectivity index is 1.61. The highest BCUT2D eigenvalue weighted by Gasteiger charge is 2.25. The van der Waals surface area contributed by atoms with Crippen LogP contribution in [0.5, 0.6) is 5.75 Å². The number of benzene rings is 1. The van der Waals surface area contributed by atoms with Crippen molar-refractivity contribution in [3.63, 3.8) is 0 Å². The SMILES string of the molecule is CC(CI)c1ccc(OC(CC2CCCCC2)OC2CCCCC2)cc1. The molecule has 2 fully saturated rings. The van der Waals surface area contributed by atoms with E-state index < -0.39 is 0 Å². The molecular weight excluding hydrogens is 435 g/mol. The van der Waals surface area contributed by atoms with Crippen LogP contribution in [-0.4, -0.2) is 16.8 Å². The lowest BCUT2D eigenvalue weighted by molar-refractivity contribution is -0.138. The van der Waals surface area contributed by atoms with Crippen LogP contribution in [0.4, 0.5) is 0 Å². The second-order valence-corrected chi connectivity index (χ2v) is 9.19. The van der Waals surface area contributed by atoms with E-state index in [9.17, 15) is 0 Å². The average Bonchev–Trinajstić information content (AvgIpc) is 2.69. The normalized spacial score (nSPS) is 22.1. The van der Waals surface area contributed by atoms with Crippen LogP contribution in [0.15, 0.2) is 24.3 Å². The molecule has 3 rings (SSSR count). The molecule has 2 aliphatic rings. The lowest BCUT2D eigenvalue weighted by Crippen LogP contribution is -2.31. The topological polar surface area (TPSA) is 18.5 Å². The quantitative estimate of drug-likeness (QED) is 0.226. The molecule has 0 radical (unpaired) electrons. The van der Waals surface area contributed by atoms with Crippen LogP contribution in [0.2, 0.25) is 0 Å². The van der Waals surface area contributed by atoms with E-state index in [-0.39, 0.29) is 6.29 Å². The molecule has 2 unspecified atom stereocenters. The Kier molecular flexibility index (Phi) is 8.57. The first-order valence-corrected chi connectivity index (χ1v) is 12.2. The molecule has 0 spiro atoms.